The van der Waals surface area contributed by atoms with Crippen molar-refractivity contribution in [3.8, 4) is 0 Å². The Bertz CT molecular complexity index is 789. The number of ether oxygens (including phenoxy) is 4. The second-order valence-electron chi connectivity index (χ2n) is 11.0. The Morgan fingerprint density at radius 3 is 2.55 bits per heavy atom. The molecule has 3 aliphatic carbocycles. The summed E-state index contributed by atoms with van der Waals surface area (Å²) in [6.07, 6.45) is 6.67. The van der Waals surface area contributed by atoms with Gasteiger partial charge >= 0.3 is 11.9 Å². The lowest BCUT2D eigenvalue weighted by molar-refractivity contribution is -0.231. The number of hydrogen-bond acceptors (Lipinski definition) is 7. The second kappa shape index (κ2) is 9.65. The van der Waals surface area contributed by atoms with Crippen LogP contribution in [-0.4, -0.2) is 47.8 Å². The van der Waals surface area contributed by atoms with Gasteiger partial charge < -0.3 is 18.9 Å². The molecule has 4 rings (SSSR count). The topological polar surface area (TPSA) is 71.1 Å². The van der Waals surface area contributed by atoms with Crippen molar-refractivity contribution in [2.75, 3.05) is 13.2 Å². The van der Waals surface area contributed by atoms with E-state index >= 15 is 0 Å². The summed E-state index contributed by atoms with van der Waals surface area (Å²) in [6, 6.07) is 0. The molecule has 4 aliphatic rings. The number of carbonyl (C=O) groups is 2. The summed E-state index contributed by atoms with van der Waals surface area (Å²) in [5, 5.41) is 0. The lowest BCUT2D eigenvalue weighted by atomic mass is 9.49. The van der Waals surface area contributed by atoms with E-state index in [0.29, 0.717) is 36.7 Å². The van der Waals surface area contributed by atoms with Crippen molar-refractivity contribution in [3.05, 3.63) is 0 Å². The lowest BCUT2D eigenvalue weighted by Crippen LogP contribution is -2.62. The third-order valence-corrected chi connectivity index (χ3v) is 9.75. The minimum atomic E-state index is -0.235. The highest BCUT2D eigenvalue weighted by molar-refractivity contribution is 8.10. The van der Waals surface area contributed by atoms with Crippen LogP contribution in [0.4, 0.5) is 0 Å². The van der Waals surface area contributed by atoms with E-state index in [-0.39, 0.29) is 45.5 Å². The van der Waals surface area contributed by atoms with Crippen LogP contribution in [-0.2, 0) is 28.5 Å². The third-order valence-electron chi connectivity index (χ3n) is 9.50. The van der Waals surface area contributed by atoms with Gasteiger partial charge in [-0.25, -0.2) is 0 Å². The van der Waals surface area contributed by atoms with Crippen molar-refractivity contribution < 1.29 is 28.5 Å². The molecule has 0 bridgehead atoms. The monoisotopic (exact) mass is 498 g/mol. The number of fused-ring (bicyclic) bond motifs is 5. The highest BCUT2D eigenvalue weighted by Gasteiger charge is 2.63. The van der Waals surface area contributed by atoms with E-state index < -0.39 is 0 Å². The molecular formula is C25H38O6S2. The predicted octanol–water partition coefficient (Wildman–Crippen LogP) is 4.73. The first-order valence-electron chi connectivity index (χ1n) is 12.4. The number of carbonyl (C=O) groups excluding carboxylic acids is 2. The molecule has 0 N–H and O–H groups in total. The van der Waals surface area contributed by atoms with E-state index in [1.165, 1.54) is 13.8 Å². The molecule has 1 saturated heterocycles. The number of rotatable bonds is 5. The number of thiol groups is 1. The van der Waals surface area contributed by atoms with E-state index in [1.807, 2.05) is 0 Å². The van der Waals surface area contributed by atoms with Gasteiger partial charge in [0.2, 0.25) is 4.38 Å². The molecule has 186 valence electrons. The van der Waals surface area contributed by atoms with Crippen LogP contribution in [0.15, 0.2) is 0 Å². The van der Waals surface area contributed by atoms with Crippen molar-refractivity contribution in [2.24, 2.45) is 34.5 Å². The Morgan fingerprint density at radius 1 is 1.12 bits per heavy atom. The zero-order chi connectivity index (χ0) is 24.0. The van der Waals surface area contributed by atoms with Gasteiger partial charge in [-0.3, -0.25) is 9.59 Å². The van der Waals surface area contributed by atoms with Crippen molar-refractivity contribution in [3.63, 3.8) is 0 Å². The average Bonchev–Trinajstić information content (AvgIpc) is 3.08. The van der Waals surface area contributed by atoms with Gasteiger partial charge in [0.05, 0.1) is 19.3 Å². The summed E-state index contributed by atoms with van der Waals surface area (Å²) < 4.78 is 24.0. The largest absolute Gasteiger partial charge is 0.478 e. The molecule has 9 atom stereocenters. The molecule has 0 amide bonds. The van der Waals surface area contributed by atoms with Crippen LogP contribution in [0, 0.1) is 34.5 Å². The molecule has 0 aromatic heterocycles. The van der Waals surface area contributed by atoms with Gasteiger partial charge in [-0.05, 0) is 80.8 Å². The minimum Gasteiger partial charge on any atom is -0.478 e. The smallest absolute Gasteiger partial charge is 0.302 e. The highest BCUT2D eigenvalue weighted by atomic mass is 32.1. The van der Waals surface area contributed by atoms with Gasteiger partial charge in [0.1, 0.15) is 12.2 Å². The summed E-state index contributed by atoms with van der Waals surface area (Å²) in [5.74, 6) is 1.39. The SMILES string of the molecule is CC(=O)OC(C)[C@H]1CC[C@H]2[C@@H]3CO[C@H]4C[C@@H](OC(C)=O)CC[C@]4(COC(=S)S)[C@H]3CC[C@]12C. The van der Waals surface area contributed by atoms with Gasteiger partial charge in [0.15, 0.2) is 0 Å². The van der Waals surface area contributed by atoms with E-state index in [2.05, 4.69) is 26.5 Å². The van der Waals surface area contributed by atoms with Crippen molar-refractivity contribution in [1.29, 1.82) is 0 Å². The molecule has 8 heteroatoms. The lowest BCUT2D eigenvalue weighted by Gasteiger charge is -2.61. The van der Waals surface area contributed by atoms with Crippen molar-refractivity contribution in [1.82, 2.24) is 0 Å². The summed E-state index contributed by atoms with van der Waals surface area (Å²) in [6.45, 7) is 8.66. The fourth-order valence-electron chi connectivity index (χ4n) is 8.27. The number of thiocarbonyl (C=S) groups is 1. The van der Waals surface area contributed by atoms with E-state index in [4.69, 9.17) is 31.2 Å². The first kappa shape index (κ1) is 25.2. The van der Waals surface area contributed by atoms with E-state index in [9.17, 15) is 9.59 Å². The number of hydrogen-bond donors (Lipinski definition) is 1. The highest BCUT2D eigenvalue weighted by Crippen LogP contribution is 2.65. The van der Waals surface area contributed by atoms with Crippen LogP contribution in [0.2, 0.25) is 0 Å². The Hall–Kier alpha value is -0.860. The molecule has 6 nitrogen and oxygen atoms in total. The molecular weight excluding hydrogens is 460 g/mol. The van der Waals surface area contributed by atoms with Gasteiger partial charge in [-0.15, -0.1) is 0 Å². The fourth-order valence-corrected chi connectivity index (χ4v) is 8.39. The molecule has 1 unspecified atom stereocenters. The standard InChI is InChI=1S/C25H38O6S2/c1-14(30-15(2)26)19-5-6-20-18-12-28-22-11-17(31-16(3)27)7-10-25(22,13-29-23(32)33)21(18)8-9-24(19,20)4/h14,17-22H,5-13H2,1-4H3,(H,32,33)/t14?,17-,18-,19+,20-,21-,22-,24+,25-/m0/s1. The van der Waals surface area contributed by atoms with Gasteiger partial charge in [-0.2, -0.15) is 0 Å². The second-order valence-corrected chi connectivity index (χ2v) is 12.1. The predicted molar refractivity (Wildman–Crippen MR) is 131 cm³/mol. The third kappa shape index (κ3) is 4.68. The van der Waals surface area contributed by atoms with Crippen LogP contribution < -0.4 is 0 Å². The summed E-state index contributed by atoms with van der Waals surface area (Å²) in [5.41, 5.74) is -0.00462. The molecule has 33 heavy (non-hydrogen) atoms. The maximum atomic E-state index is 11.6. The maximum absolute atomic E-state index is 11.6. The summed E-state index contributed by atoms with van der Waals surface area (Å²) >= 11 is 9.37. The Balaban J connectivity index is 1.57. The van der Waals surface area contributed by atoms with E-state index in [0.717, 1.165) is 45.1 Å². The van der Waals surface area contributed by atoms with Crippen molar-refractivity contribution in [2.45, 2.75) is 91.0 Å². The molecule has 0 spiro atoms. The molecule has 1 aliphatic heterocycles. The molecule has 0 aromatic rings. The minimum absolute atomic E-state index is 0.0129. The van der Waals surface area contributed by atoms with Gasteiger partial charge in [0, 0.05) is 31.6 Å². The molecule has 3 saturated carbocycles. The van der Waals surface area contributed by atoms with Gasteiger partial charge in [0.25, 0.3) is 0 Å². The quantitative estimate of drug-likeness (QED) is 0.334. The van der Waals surface area contributed by atoms with Crippen LogP contribution in [0.1, 0.15) is 72.6 Å². The zero-order valence-electron chi connectivity index (χ0n) is 20.2. The maximum Gasteiger partial charge on any atom is 0.302 e. The van der Waals surface area contributed by atoms with Crippen LogP contribution in [0.25, 0.3) is 0 Å². The summed E-state index contributed by atoms with van der Waals surface area (Å²) in [7, 11) is 0. The van der Waals surface area contributed by atoms with Crippen LogP contribution >= 0.6 is 24.8 Å². The summed E-state index contributed by atoms with van der Waals surface area (Å²) in [4.78, 5) is 23.2. The molecule has 0 radical (unpaired) electrons. The van der Waals surface area contributed by atoms with E-state index in [1.54, 1.807) is 0 Å². The molecule has 4 fully saturated rings. The Labute approximate surface area is 208 Å². The zero-order valence-corrected chi connectivity index (χ0v) is 21.9. The Kier molecular flexibility index (Phi) is 7.38. The van der Waals surface area contributed by atoms with Crippen molar-refractivity contribution >= 4 is 41.2 Å². The first-order chi connectivity index (χ1) is 15.6. The normalized spacial score (nSPS) is 42.8. The number of esters is 2. The molecule has 0 aromatic carbocycles. The van der Waals surface area contributed by atoms with Crippen LogP contribution in [0.3, 0.4) is 0 Å². The first-order valence-corrected chi connectivity index (χ1v) is 13.2. The average molecular weight is 499 g/mol. The van der Waals surface area contributed by atoms with Gasteiger partial charge in [-0.1, -0.05) is 19.6 Å². The van der Waals surface area contributed by atoms with Crippen LogP contribution in [0.5, 0.6) is 0 Å². The fraction of sp³-hybridized carbons (Fsp3) is 0.880. The molecule has 1 heterocycles. The Morgan fingerprint density at radius 2 is 1.88 bits per heavy atom.